The lowest BCUT2D eigenvalue weighted by molar-refractivity contribution is 0.310. The van der Waals surface area contributed by atoms with Crippen LogP contribution in [0.2, 0.25) is 0 Å². The largest absolute Gasteiger partial charge is 0.493 e. The van der Waals surface area contributed by atoms with Crippen molar-refractivity contribution in [3.63, 3.8) is 0 Å². The average molecular weight is 311 g/mol. The Kier molecular flexibility index (Phi) is 4.48. The fraction of sp³-hybridized carbons (Fsp3) is 0.278. The maximum absolute atomic E-state index is 5.68. The van der Waals surface area contributed by atoms with Crippen LogP contribution >= 0.6 is 0 Å². The highest BCUT2D eigenvalue weighted by Gasteiger charge is 2.08. The van der Waals surface area contributed by atoms with E-state index in [1.165, 1.54) is 0 Å². The van der Waals surface area contributed by atoms with Crippen molar-refractivity contribution in [2.45, 2.75) is 19.9 Å². The molecule has 3 rings (SSSR count). The number of pyridine rings is 1. The summed E-state index contributed by atoms with van der Waals surface area (Å²) in [5.41, 5.74) is 9.81. The quantitative estimate of drug-likeness (QED) is 0.760. The van der Waals surface area contributed by atoms with Crippen LogP contribution in [0.5, 0.6) is 11.5 Å². The molecule has 0 bridgehead atoms. The Morgan fingerprint density at radius 3 is 2.74 bits per heavy atom. The van der Waals surface area contributed by atoms with Crippen LogP contribution in [0.25, 0.3) is 5.65 Å². The fourth-order valence-electron chi connectivity index (χ4n) is 2.59. The number of imidazole rings is 1. The smallest absolute Gasteiger partial charge is 0.161 e. The Hall–Kier alpha value is -2.53. The monoisotopic (exact) mass is 311 g/mol. The van der Waals surface area contributed by atoms with Crippen molar-refractivity contribution in [2.75, 3.05) is 13.7 Å². The summed E-state index contributed by atoms with van der Waals surface area (Å²) < 4.78 is 13.0. The number of hydrogen-bond acceptors (Lipinski definition) is 4. The maximum atomic E-state index is 5.68. The van der Waals surface area contributed by atoms with Gasteiger partial charge in [0, 0.05) is 25.4 Å². The topological polar surface area (TPSA) is 61.8 Å². The zero-order chi connectivity index (χ0) is 16.2. The molecule has 1 aromatic carbocycles. The SMILES string of the molecule is CCOc1ccc(Cc2cn3ccc(CN)cc3n2)cc1OC. The summed E-state index contributed by atoms with van der Waals surface area (Å²) >= 11 is 0. The van der Waals surface area contributed by atoms with E-state index in [9.17, 15) is 0 Å². The molecule has 0 fully saturated rings. The van der Waals surface area contributed by atoms with Crippen LogP contribution in [0.1, 0.15) is 23.7 Å². The van der Waals surface area contributed by atoms with E-state index >= 15 is 0 Å². The summed E-state index contributed by atoms with van der Waals surface area (Å²) in [5.74, 6) is 1.51. The number of hydrogen-bond donors (Lipinski definition) is 1. The Morgan fingerprint density at radius 2 is 2.00 bits per heavy atom. The van der Waals surface area contributed by atoms with Crippen LogP contribution in [-0.4, -0.2) is 23.1 Å². The normalized spacial score (nSPS) is 10.9. The van der Waals surface area contributed by atoms with E-state index in [2.05, 4.69) is 4.98 Å². The summed E-state index contributed by atoms with van der Waals surface area (Å²) in [4.78, 5) is 4.67. The second kappa shape index (κ2) is 6.71. The van der Waals surface area contributed by atoms with E-state index in [4.69, 9.17) is 15.2 Å². The molecule has 0 spiro atoms. The summed E-state index contributed by atoms with van der Waals surface area (Å²) in [5, 5.41) is 0. The van der Waals surface area contributed by atoms with Gasteiger partial charge in [0.15, 0.2) is 11.5 Å². The van der Waals surface area contributed by atoms with E-state index in [0.29, 0.717) is 13.2 Å². The molecule has 0 saturated carbocycles. The van der Waals surface area contributed by atoms with Crippen LogP contribution in [0.4, 0.5) is 0 Å². The van der Waals surface area contributed by atoms with Crippen molar-refractivity contribution >= 4 is 5.65 Å². The van der Waals surface area contributed by atoms with Gasteiger partial charge >= 0.3 is 0 Å². The van der Waals surface area contributed by atoms with Crippen LogP contribution in [-0.2, 0) is 13.0 Å². The molecule has 0 aliphatic carbocycles. The molecule has 5 nitrogen and oxygen atoms in total. The number of methoxy groups -OCH3 is 1. The van der Waals surface area contributed by atoms with Gasteiger partial charge in [-0.15, -0.1) is 0 Å². The zero-order valence-electron chi connectivity index (χ0n) is 13.5. The number of nitrogens with two attached hydrogens (primary N) is 1. The molecule has 2 N–H and O–H groups in total. The zero-order valence-corrected chi connectivity index (χ0v) is 13.5. The molecule has 0 atom stereocenters. The number of benzene rings is 1. The van der Waals surface area contributed by atoms with Crippen LogP contribution in [0, 0.1) is 0 Å². The molecule has 0 radical (unpaired) electrons. The van der Waals surface area contributed by atoms with E-state index in [-0.39, 0.29) is 0 Å². The second-order valence-corrected chi connectivity index (χ2v) is 5.33. The van der Waals surface area contributed by atoms with Crippen molar-refractivity contribution in [1.29, 1.82) is 0 Å². The first-order valence-corrected chi connectivity index (χ1v) is 7.69. The predicted octanol–water partition coefficient (Wildman–Crippen LogP) is 2.79. The Morgan fingerprint density at radius 1 is 1.13 bits per heavy atom. The highest BCUT2D eigenvalue weighted by molar-refractivity contribution is 5.46. The van der Waals surface area contributed by atoms with E-state index in [1.54, 1.807) is 7.11 Å². The van der Waals surface area contributed by atoms with Gasteiger partial charge in [0.1, 0.15) is 5.65 Å². The van der Waals surface area contributed by atoms with Gasteiger partial charge in [0.05, 0.1) is 19.4 Å². The molecule has 120 valence electrons. The lowest BCUT2D eigenvalue weighted by atomic mass is 10.1. The molecule has 2 aromatic heterocycles. The highest BCUT2D eigenvalue weighted by atomic mass is 16.5. The summed E-state index contributed by atoms with van der Waals surface area (Å²) in [6.45, 7) is 3.10. The van der Waals surface area contributed by atoms with E-state index in [1.807, 2.05) is 54.0 Å². The third kappa shape index (κ3) is 3.29. The molecule has 0 amide bonds. The first-order chi connectivity index (χ1) is 11.2. The number of fused-ring (bicyclic) bond motifs is 1. The van der Waals surface area contributed by atoms with Crippen molar-refractivity contribution in [1.82, 2.24) is 9.38 Å². The van der Waals surface area contributed by atoms with Gasteiger partial charge in [-0.3, -0.25) is 0 Å². The molecule has 3 aromatic rings. The fourth-order valence-corrected chi connectivity index (χ4v) is 2.59. The predicted molar refractivity (Wildman–Crippen MR) is 90.1 cm³/mol. The molecule has 23 heavy (non-hydrogen) atoms. The molecular formula is C18H21N3O2. The summed E-state index contributed by atoms with van der Waals surface area (Å²) in [6, 6.07) is 10.0. The first-order valence-electron chi connectivity index (χ1n) is 7.69. The third-order valence-electron chi connectivity index (χ3n) is 3.72. The van der Waals surface area contributed by atoms with Gasteiger partial charge in [-0.25, -0.2) is 4.98 Å². The van der Waals surface area contributed by atoms with Crippen LogP contribution in [0.3, 0.4) is 0 Å². The molecule has 2 heterocycles. The lowest BCUT2D eigenvalue weighted by Crippen LogP contribution is -1.97. The van der Waals surface area contributed by atoms with E-state index < -0.39 is 0 Å². The Labute approximate surface area is 135 Å². The van der Waals surface area contributed by atoms with Crippen molar-refractivity contribution in [2.24, 2.45) is 5.73 Å². The van der Waals surface area contributed by atoms with Crippen LogP contribution in [0.15, 0.2) is 42.7 Å². The van der Waals surface area contributed by atoms with Gasteiger partial charge in [-0.1, -0.05) is 6.07 Å². The number of rotatable bonds is 6. The van der Waals surface area contributed by atoms with Gasteiger partial charge < -0.3 is 19.6 Å². The third-order valence-corrected chi connectivity index (χ3v) is 3.72. The standard InChI is InChI=1S/C18H21N3O2/c1-3-23-16-5-4-13(9-17(16)22-2)8-15-12-21-7-6-14(11-19)10-18(21)20-15/h4-7,9-10,12H,3,8,11,19H2,1-2H3. The molecule has 0 aliphatic rings. The van der Waals surface area contributed by atoms with Gasteiger partial charge in [-0.05, 0) is 42.3 Å². The number of aromatic nitrogens is 2. The van der Waals surface area contributed by atoms with E-state index in [0.717, 1.165) is 40.4 Å². The maximum Gasteiger partial charge on any atom is 0.161 e. The molecule has 0 aliphatic heterocycles. The minimum absolute atomic E-state index is 0.523. The summed E-state index contributed by atoms with van der Waals surface area (Å²) in [7, 11) is 1.65. The Balaban J connectivity index is 1.86. The van der Waals surface area contributed by atoms with Gasteiger partial charge in [0.25, 0.3) is 0 Å². The number of nitrogens with zero attached hydrogens (tertiary/aromatic N) is 2. The van der Waals surface area contributed by atoms with Gasteiger partial charge in [0.2, 0.25) is 0 Å². The first kappa shape index (κ1) is 15.4. The minimum Gasteiger partial charge on any atom is -0.493 e. The number of ether oxygens (including phenoxy) is 2. The van der Waals surface area contributed by atoms with Crippen molar-refractivity contribution in [3.05, 3.63) is 59.5 Å². The highest BCUT2D eigenvalue weighted by Crippen LogP contribution is 2.28. The Bertz CT molecular complexity index is 811. The minimum atomic E-state index is 0.523. The lowest BCUT2D eigenvalue weighted by Gasteiger charge is -2.10. The van der Waals surface area contributed by atoms with Crippen molar-refractivity contribution in [3.8, 4) is 11.5 Å². The summed E-state index contributed by atoms with van der Waals surface area (Å²) in [6.07, 6.45) is 4.77. The molecule has 5 heteroatoms. The van der Waals surface area contributed by atoms with Crippen molar-refractivity contribution < 1.29 is 9.47 Å². The van der Waals surface area contributed by atoms with Gasteiger partial charge in [-0.2, -0.15) is 0 Å². The average Bonchev–Trinajstić information content (AvgIpc) is 2.97. The van der Waals surface area contributed by atoms with Crippen LogP contribution < -0.4 is 15.2 Å². The molecular weight excluding hydrogens is 290 g/mol. The molecule has 0 unspecified atom stereocenters. The second-order valence-electron chi connectivity index (χ2n) is 5.33. The molecule has 0 saturated heterocycles.